The molecular weight excluding hydrogens is 352 g/mol. The maximum absolute atomic E-state index is 7.31. The Balaban J connectivity index is 1.60. The maximum atomic E-state index is 7.31. The molecule has 27 heavy (non-hydrogen) atoms. The van der Waals surface area contributed by atoms with Crippen molar-refractivity contribution in [2.45, 2.75) is 0 Å². The number of benzene rings is 1. The first-order valence-corrected chi connectivity index (χ1v) is 7.52. The molecule has 0 fully saturated rings. The summed E-state index contributed by atoms with van der Waals surface area (Å²) in [6.45, 7) is 0. The van der Waals surface area contributed by atoms with Gasteiger partial charge in [-0.2, -0.15) is 0 Å². The van der Waals surface area contributed by atoms with Crippen LogP contribution in [-0.2, 0) is 0 Å². The summed E-state index contributed by atoms with van der Waals surface area (Å²) >= 11 is 0. The van der Waals surface area contributed by atoms with Gasteiger partial charge in [-0.05, 0) is 24.3 Å². The average molecular weight is 374 g/mol. The number of H-pyrrole nitrogens is 1. The first kappa shape index (κ1) is 11.0. The Bertz CT molecular complexity index is 1290. The second-order valence-electron chi connectivity index (χ2n) is 5.20. The highest BCUT2D eigenvalue weighted by Crippen LogP contribution is 2.32. The molecule has 0 aliphatic rings. The molecular formula is C17H16N6O4. The molecule has 138 valence electrons. The fraction of sp³-hybridized carbons (Fsp3) is 0.176. The maximum Gasteiger partial charge on any atom is 0.322 e. The summed E-state index contributed by atoms with van der Waals surface area (Å²) in [7, 11) is -4.17. The van der Waals surface area contributed by atoms with Gasteiger partial charge in [0.25, 0.3) is 0 Å². The largest absolute Gasteiger partial charge is 0.493 e. The van der Waals surface area contributed by atoms with Gasteiger partial charge in [0.05, 0.1) is 34.9 Å². The van der Waals surface area contributed by atoms with Crippen molar-refractivity contribution in [2.75, 3.05) is 26.5 Å². The van der Waals surface area contributed by atoms with E-state index in [0.29, 0.717) is 22.9 Å². The predicted molar refractivity (Wildman–Crippen MR) is 96.6 cm³/mol. The van der Waals surface area contributed by atoms with Crippen LogP contribution in [0.2, 0.25) is 0 Å². The number of fused-ring (bicyclic) bond motifs is 1. The minimum absolute atomic E-state index is 0.00341. The molecule has 4 aromatic rings. The highest BCUT2D eigenvalue weighted by molar-refractivity contribution is 5.82. The van der Waals surface area contributed by atoms with E-state index in [4.69, 9.17) is 26.9 Å². The Hall–Kier alpha value is -3.82. The number of ether oxygens (including phenoxy) is 3. The van der Waals surface area contributed by atoms with Crippen molar-refractivity contribution in [2.24, 2.45) is 0 Å². The van der Waals surface area contributed by atoms with E-state index in [2.05, 4.69) is 30.5 Å². The molecule has 0 aliphatic heterocycles. The number of aromatic amines is 1. The van der Waals surface area contributed by atoms with Crippen molar-refractivity contribution < 1.29 is 26.9 Å². The van der Waals surface area contributed by atoms with Gasteiger partial charge in [0.1, 0.15) is 0 Å². The zero-order chi connectivity index (χ0) is 23.8. The summed E-state index contributed by atoms with van der Waals surface area (Å²) in [6.07, 6.45) is 1.56. The molecule has 0 bridgehead atoms. The Kier molecular flexibility index (Phi) is 2.78. The molecule has 0 saturated carbocycles. The van der Waals surface area contributed by atoms with Gasteiger partial charge in [-0.15, -0.1) is 5.10 Å². The standard InChI is InChI=1S/C17H16N6O4/c1-24-11-5-4-9(8-12(11)25-2)14-22-23-17(27-14)21-16-19-10-6-7-18-15(26-3)13(10)20-16/h4-8H,1-3H3,(H2,19,20,21,23)/i1D3,2D3. The molecule has 0 amide bonds. The lowest BCUT2D eigenvalue weighted by atomic mass is 10.2. The van der Waals surface area contributed by atoms with Crippen LogP contribution >= 0.6 is 0 Å². The van der Waals surface area contributed by atoms with Gasteiger partial charge in [-0.3, -0.25) is 5.32 Å². The molecule has 10 heteroatoms. The van der Waals surface area contributed by atoms with Crippen molar-refractivity contribution in [1.29, 1.82) is 0 Å². The van der Waals surface area contributed by atoms with Gasteiger partial charge in [0.2, 0.25) is 17.7 Å². The number of imidazole rings is 1. The van der Waals surface area contributed by atoms with E-state index in [-0.39, 0.29) is 29.0 Å². The molecule has 0 unspecified atom stereocenters. The van der Waals surface area contributed by atoms with Crippen molar-refractivity contribution in [3.05, 3.63) is 30.5 Å². The van der Waals surface area contributed by atoms with Crippen molar-refractivity contribution in [3.63, 3.8) is 0 Å². The van der Waals surface area contributed by atoms with Gasteiger partial charge < -0.3 is 23.6 Å². The smallest absolute Gasteiger partial charge is 0.322 e. The molecule has 0 aliphatic carbocycles. The quantitative estimate of drug-likeness (QED) is 0.525. The lowest BCUT2D eigenvalue weighted by Gasteiger charge is -2.07. The zero-order valence-electron chi connectivity index (χ0n) is 19.8. The second kappa shape index (κ2) is 6.83. The molecule has 2 N–H and O–H groups in total. The Labute approximate surface area is 161 Å². The number of anilines is 2. The number of rotatable bonds is 6. The lowest BCUT2D eigenvalue weighted by molar-refractivity contribution is 0.355. The number of pyridine rings is 1. The lowest BCUT2D eigenvalue weighted by Crippen LogP contribution is -1.92. The number of aromatic nitrogens is 5. The van der Waals surface area contributed by atoms with E-state index >= 15 is 0 Å². The summed E-state index contributed by atoms with van der Waals surface area (Å²) in [6, 6.07) is 5.57. The van der Waals surface area contributed by atoms with Gasteiger partial charge in [-0.1, -0.05) is 5.10 Å². The Morgan fingerprint density at radius 1 is 1.11 bits per heavy atom. The summed E-state index contributed by atoms with van der Waals surface area (Å²) < 4.78 is 64.1. The third kappa shape index (κ3) is 3.08. The van der Waals surface area contributed by atoms with Gasteiger partial charge in [-0.25, -0.2) is 9.97 Å². The molecule has 0 spiro atoms. The molecule has 3 aromatic heterocycles. The van der Waals surface area contributed by atoms with Crippen molar-refractivity contribution >= 4 is 23.0 Å². The topological polar surface area (TPSA) is 120 Å². The number of hydrogen-bond acceptors (Lipinski definition) is 9. The normalized spacial score (nSPS) is 15.0. The summed E-state index contributed by atoms with van der Waals surface area (Å²) in [5, 5.41) is 10.6. The predicted octanol–water partition coefficient (Wildman–Crippen LogP) is 2.78. The number of nitrogens with zero attached hydrogens (tertiary/aromatic N) is 4. The monoisotopic (exact) mass is 374 g/mol. The summed E-state index contributed by atoms with van der Waals surface area (Å²) in [5.41, 5.74) is 1.43. The first-order valence-electron chi connectivity index (χ1n) is 10.5. The van der Waals surface area contributed by atoms with Crippen LogP contribution in [-0.4, -0.2) is 46.3 Å². The van der Waals surface area contributed by atoms with Crippen LogP contribution in [0.3, 0.4) is 0 Å². The van der Waals surface area contributed by atoms with E-state index in [1.165, 1.54) is 25.3 Å². The molecule has 3 heterocycles. The second-order valence-corrected chi connectivity index (χ2v) is 5.20. The van der Waals surface area contributed by atoms with Crippen LogP contribution < -0.4 is 19.5 Å². The minimum atomic E-state index is -2.84. The zero-order valence-corrected chi connectivity index (χ0v) is 13.8. The fourth-order valence-corrected chi connectivity index (χ4v) is 2.42. The van der Waals surface area contributed by atoms with Gasteiger partial charge in [0.15, 0.2) is 17.0 Å². The van der Waals surface area contributed by atoms with Crippen LogP contribution in [0.15, 0.2) is 34.9 Å². The first-order chi connectivity index (χ1) is 15.5. The highest BCUT2D eigenvalue weighted by atomic mass is 16.5. The van der Waals surface area contributed by atoms with Gasteiger partial charge in [0, 0.05) is 11.8 Å². The van der Waals surface area contributed by atoms with Crippen LogP contribution in [0.25, 0.3) is 22.5 Å². The SMILES string of the molecule is [2H]C([2H])([2H])Oc1ccc(-c2nnc(Nc3nc4c(OC)nccc4[nH]3)o2)cc1OC([2H])([2H])[2H]. The highest BCUT2D eigenvalue weighted by Gasteiger charge is 2.14. The third-order valence-corrected chi connectivity index (χ3v) is 3.62. The average Bonchev–Trinajstić information content (AvgIpc) is 3.33. The molecule has 10 nitrogen and oxygen atoms in total. The van der Waals surface area contributed by atoms with Crippen LogP contribution in [0.1, 0.15) is 8.22 Å². The van der Waals surface area contributed by atoms with Crippen molar-refractivity contribution in [1.82, 2.24) is 25.1 Å². The molecule has 0 atom stereocenters. The van der Waals surface area contributed by atoms with E-state index in [9.17, 15) is 0 Å². The number of methoxy groups -OCH3 is 3. The van der Waals surface area contributed by atoms with E-state index in [0.717, 1.165) is 0 Å². The van der Waals surface area contributed by atoms with Crippen LogP contribution in [0, 0.1) is 0 Å². The Morgan fingerprint density at radius 2 is 2.00 bits per heavy atom. The van der Waals surface area contributed by atoms with Crippen LogP contribution in [0.5, 0.6) is 17.4 Å². The number of hydrogen-bond donors (Lipinski definition) is 2. The summed E-state index contributed by atoms with van der Waals surface area (Å²) in [4.78, 5) is 11.4. The molecule has 0 radical (unpaired) electrons. The van der Waals surface area contributed by atoms with Gasteiger partial charge >= 0.3 is 6.01 Å². The van der Waals surface area contributed by atoms with E-state index in [1.54, 1.807) is 12.3 Å². The molecule has 4 rings (SSSR count). The van der Waals surface area contributed by atoms with Crippen LogP contribution in [0.4, 0.5) is 12.0 Å². The third-order valence-electron chi connectivity index (χ3n) is 3.62. The molecule has 0 saturated heterocycles. The minimum Gasteiger partial charge on any atom is -0.493 e. The molecule has 1 aromatic carbocycles. The van der Waals surface area contributed by atoms with E-state index in [1.807, 2.05) is 0 Å². The Morgan fingerprint density at radius 3 is 2.85 bits per heavy atom. The fourth-order valence-electron chi connectivity index (χ4n) is 2.42. The van der Waals surface area contributed by atoms with Crippen molar-refractivity contribution in [3.8, 4) is 28.8 Å². The van der Waals surface area contributed by atoms with E-state index < -0.39 is 14.1 Å². The number of nitrogens with one attached hydrogen (secondary N) is 2. The summed E-state index contributed by atoms with van der Waals surface area (Å²) in [5.74, 6) is 0.0259.